The van der Waals surface area contributed by atoms with Gasteiger partial charge in [0.2, 0.25) is 0 Å². The molecule has 0 spiro atoms. The first-order valence-corrected chi connectivity index (χ1v) is 5.63. The average molecular weight is 219 g/mol. The van der Waals surface area contributed by atoms with E-state index in [4.69, 9.17) is 0 Å². The molecule has 0 bridgehead atoms. The normalized spacial score (nSPS) is 32.5. The summed E-state index contributed by atoms with van der Waals surface area (Å²) in [4.78, 5) is 23.2. The molecule has 2 rings (SSSR count). The van der Waals surface area contributed by atoms with E-state index in [9.17, 15) is 9.59 Å². The van der Waals surface area contributed by atoms with Crippen molar-refractivity contribution in [2.45, 2.75) is 27.7 Å². The van der Waals surface area contributed by atoms with Crippen LogP contribution in [0.25, 0.3) is 0 Å². The van der Waals surface area contributed by atoms with E-state index < -0.39 is 0 Å². The lowest BCUT2D eigenvalue weighted by atomic mass is 9.71. The summed E-state index contributed by atoms with van der Waals surface area (Å²) in [5, 5.41) is 2.34. The molecule has 0 aromatic rings. The molecule has 0 aromatic heterocycles. The van der Waals surface area contributed by atoms with Crippen molar-refractivity contribution >= 4 is 11.8 Å². The van der Waals surface area contributed by atoms with Gasteiger partial charge in [0.25, 0.3) is 11.8 Å². The Hall–Kier alpha value is -1.38. The molecule has 1 fully saturated rings. The number of fused-ring (bicyclic) bond motifs is 1. The Bertz CT molecular complexity index is 391. The summed E-state index contributed by atoms with van der Waals surface area (Å²) in [6, 6.07) is 0. The molecular weight excluding hydrogens is 202 g/mol. The van der Waals surface area contributed by atoms with Gasteiger partial charge >= 0.3 is 0 Å². The number of carbonyl (C=O) groups excluding carboxylic acids is 2. The van der Waals surface area contributed by atoms with Crippen LogP contribution in [-0.4, -0.2) is 11.8 Å². The minimum absolute atomic E-state index is 0.0604. The molecule has 86 valence electrons. The highest BCUT2D eigenvalue weighted by Gasteiger charge is 2.39. The van der Waals surface area contributed by atoms with Crippen molar-refractivity contribution < 1.29 is 9.59 Å². The lowest BCUT2D eigenvalue weighted by Gasteiger charge is -2.33. The average Bonchev–Trinajstić information content (AvgIpc) is 2.39. The molecule has 2 aliphatic rings. The third-order valence-electron chi connectivity index (χ3n) is 4.19. The van der Waals surface area contributed by atoms with Gasteiger partial charge in [-0.25, -0.2) is 0 Å². The highest BCUT2D eigenvalue weighted by molar-refractivity contribution is 6.24. The third-order valence-corrected chi connectivity index (χ3v) is 4.19. The van der Waals surface area contributed by atoms with Crippen LogP contribution in [0.15, 0.2) is 23.3 Å². The number of allylic oxidation sites excluding steroid dienone is 2. The van der Waals surface area contributed by atoms with Gasteiger partial charge in [0, 0.05) is 11.1 Å². The van der Waals surface area contributed by atoms with Gasteiger partial charge < -0.3 is 0 Å². The second-order valence-electron chi connectivity index (χ2n) is 5.34. The minimum Gasteiger partial charge on any atom is -0.288 e. The van der Waals surface area contributed by atoms with E-state index in [0.717, 1.165) is 0 Å². The van der Waals surface area contributed by atoms with Crippen molar-refractivity contribution in [2.24, 2.45) is 17.3 Å². The van der Waals surface area contributed by atoms with Crippen LogP contribution in [0.4, 0.5) is 0 Å². The van der Waals surface area contributed by atoms with Crippen LogP contribution < -0.4 is 5.32 Å². The van der Waals surface area contributed by atoms with E-state index in [1.807, 2.05) is 12.2 Å². The van der Waals surface area contributed by atoms with Crippen molar-refractivity contribution in [1.82, 2.24) is 5.32 Å². The summed E-state index contributed by atoms with van der Waals surface area (Å²) < 4.78 is 0. The summed E-state index contributed by atoms with van der Waals surface area (Å²) in [6.45, 7) is 8.52. The summed E-state index contributed by atoms with van der Waals surface area (Å²) in [6.07, 6.45) is 3.85. The smallest absolute Gasteiger partial charge is 0.258 e. The fourth-order valence-corrected chi connectivity index (χ4v) is 2.16. The number of rotatable bonds is 0. The first kappa shape index (κ1) is 11.1. The van der Waals surface area contributed by atoms with Crippen LogP contribution in [0.2, 0.25) is 0 Å². The summed E-state index contributed by atoms with van der Waals surface area (Å²) in [5.41, 5.74) is 1.16. The van der Waals surface area contributed by atoms with E-state index in [-0.39, 0.29) is 29.1 Å². The van der Waals surface area contributed by atoms with Crippen LogP contribution in [0.5, 0.6) is 0 Å². The lowest BCUT2D eigenvalue weighted by Crippen LogP contribution is -2.27. The molecule has 1 aliphatic carbocycles. The Labute approximate surface area is 95.6 Å². The maximum absolute atomic E-state index is 11.6. The number of nitrogens with one attached hydrogen (secondary N) is 1. The van der Waals surface area contributed by atoms with Crippen LogP contribution in [0.1, 0.15) is 27.7 Å². The first-order valence-electron chi connectivity index (χ1n) is 5.63. The van der Waals surface area contributed by atoms with Gasteiger partial charge in [-0.2, -0.15) is 0 Å². The molecule has 3 nitrogen and oxygen atoms in total. The molecule has 2 atom stereocenters. The van der Waals surface area contributed by atoms with Crippen molar-refractivity contribution in [3.63, 3.8) is 0 Å². The van der Waals surface area contributed by atoms with Gasteiger partial charge in [0.05, 0.1) is 0 Å². The zero-order valence-corrected chi connectivity index (χ0v) is 10.1. The Morgan fingerprint density at radius 1 is 1.00 bits per heavy atom. The zero-order valence-electron chi connectivity index (χ0n) is 10.1. The Morgan fingerprint density at radius 2 is 1.38 bits per heavy atom. The second-order valence-corrected chi connectivity index (χ2v) is 5.34. The van der Waals surface area contributed by atoms with E-state index in [1.165, 1.54) is 0 Å². The maximum atomic E-state index is 11.6. The van der Waals surface area contributed by atoms with Gasteiger partial charge in [0.15, 0.2) is 0 Å². The third kappa shape index (κ3) is 1.42. The summed E-state index contributed by atoms with van der Waals surface area (Å²) in [5.74, 6) is 0.0202. The van der Waals surface area contributed by atoms with Crippen LogP contribution in [0.3, 0.4) is 0 Å². The number of amides is 2. The first-order chi connectivity index (χ1) is 7.34. The van der Waals surface area contributed by atoms with Gasteiger partial charge in [-0.3, -0.25) is 14.9 Å². The molecule has 3 heteroatoms. The topological polar surface area (TPSA) is 46.2 Å². The van der Waals surface area contributed by atoms with Crippen LogP contribution in [-0.2, 0) is 9.59 Å². The SMILES string of the molecule is CC1C=C2C(=O)NC(=O)C2=CC(C)C1(C)C. The molecule has 1 aliphatic heterocycles. The number of hydrogen-bond acceptors (Lipinski definition) is 2. The van der Waals surface area contributed by atoms with E-state index in [2.05, 4.69) is 33.0 Å². The maximum Gasteiger partial charge on any atom is 0.258 e. The van der Waals surface area contributed by atoms with Crippen molar-refractivity contribution in [2.75, 3.05) is 0 Å². The quantitative estimate of drug-likeness (QED) is 0.631. The number of hydrogen-bond donors (Lipinski definition) is 1. The lowest BCUT2D eigenvalue weighted by molar-refractivity contribution is -0.123. The van der Waals surface area contributed by atoms with Gasteiger partial charge in [0.1, 0.15) is 0 Å². The highest BCUT2D eigenvalue weighted by atomic mass is 16.2. The predicted octanol–water partition coefficient (Wildman–Crippen LogP) is 1.81. The monoisotopic (exact) mass is 219 g/mol. The molecule has 1 heterocycles. The molecule has 2 amide bonds. The summed E-state index contributed by atoms with van der Waals surface area (Å²) in [7, 11) is 0. The predicted molar refractivity (Wildman–Crippen MR) is 61.4 cm³/mol. The number of carbonyl (C=O) groups is 2. The molecule has 0 aromatic carbocycles. The van der Waals surface area contributed by atoms with Crippen molar-refractivity contribution in [3.05, 3.63) is 23.3 Å². The summed E-state index contributed by atoms with van der Waals surface area (Å²) >= 11 is 0. The molecule has 0 saturated carbocycles. The Kier molecular flexibility index (Phi) is 2.30. The fraction of sp³-hybridized carbons (Fsp3) is 0.538. The van der Waals surface area contributed by atoms with Gasteiger partial charge in [-0.15, -0.1) is 0 Å². The Balaban J connectivity index is 2.56. The molecule has 16 heavy (non-hydrogen) atoms. The fourth-order valence-electron chi connectivity index (χ4n) is 2.16. The Morgan fingerprint density at radius 3 is 1.75 bits per heavy atom. The van der Waals surface area contributed by atoms with Crippen LogP contribution >= 0.6 is 0 Å². The zero-order chi connectivity index (χ0) is 12.1. The van der Waals surface area contributed by atoms with E-state index in [1.54, 1.807) is 0 Å². The second kappa shape index (κ2) is 3.30. The number of imide groups is 1. The van der Waals surface area contributed by atoms with Gasteiger partial charge in [-0.05, 0) is 17.3 Å². The van der Waals surface area contributed by atoms with Gasteiger partial charge in [-0.1, -0.05) is 39.8 Å². The van der Waals surface area contributed by atoms with E-state index in [0.29, 0.717) is 11.1 Å². The largest absolute Gasteiger partial charge is 0.288 e. The minimum atomic E-state index is -0.256. The highest BCUT2D eigenvalue weighted by Crippen LogP contribution is 2.41. The standard InChI is InChI=1S/C13H17NO2/c1-7-5-9-10(12(16)14-11(9)15)6-8(2)13(7,3)4/h5-8H,1-4H3,(H,14,15,16). The van der Waals surface area contributed by atoms with Crippen molar-refractivity contribution in [3.8, 4) is 0 Å². The molecular formula is C13H17NO2. The van der Waals surface area contributed by atoms with Crippen LogP contribution in [0, 0.1) is 17.3 Å². The molecule has 1 N–H and O–H groups in total. The van der Waals surface area contributed by atoms with Crippen molar-refractivity contribution in [1.29, 1.82) is 0 Å². The molecule has 2 unspecified atom stereocenters. The molecule has 1 saturated heterocycles. The van der Waals surface area contributed by atoms with E-state index >= 15 is 0 Å². The molecule has 0 radical (unpaired) electrons.